The van der Waals surface area contributed by atoms with Crippen molar-refractivity contribution in [3.63, 3.8) is 0 Å². The van der Waals surface area contributed by atoms with Crippen LogP contribution in [0.1, 0.15) is 90.3 Å². The maximum absolute atomic E-state index is 11.9. The van der Waals surface area contributed by atoms with Gasteiger partial charge in [-0.2, -0.15) is 0 Å². The molecule has 2 rings (SSSR count). The van der Waals surface area contributed by atoms with Crippen LogP contribution in [0.25, 0.3) is 0 Å². The second-order valence-corrected chi connectivity index (χ2v) is 9.10. The summed E-state index contributed by atoms with van der Waals surface area (Å²) in [5.74, 6) is -1.13. The molecule has 7 nitrogen and oxygen atoms in total. The highest BCUT2D eigenvalue weighted by Gasteiger charge is 2.57. The molecule has 2 heterocycles. The van der Waals surface area contributed by atoms with Gasteiger partial charge >= 0.3 is 0 Å². The number of nitrogens with zero attached hydrogens (tertiary/aromatic N) is 1. The van der Waals surface area contributed by atoms with Gasteiger partial charge in [-0.15, -0.1) is 0 Å². The molecule has 2 unspecified atom stereocenters. The lowest BCUT2D eigenvalue weighted by molar-refractivity contribution is -0.251. The number of hydrogen-bond donors (Lipinski definition) is 1. The molecule has 1 aromatic rings. The number of pyridine rings is 1. The third-order valence-electron chi connectivity index (χ3n) is 6.10. The van der Waals surface area contributed by atoms with Gasteiger partial charge < -0.3 is 28.8 Å². The Morgan fingerprint density at radius 3 is 2.15 bits per heavy atom. The van der Waals surface area contributed by atoms with Crippen LogP contribution in [-0.2, 0) is 24.7 Å². The number of aliphatic hydroxyl groups is 1. The van der Waals surface area contributed by atoms with Crippen LogP contribution in [0.5, 0.6) is 5.88 Å². The van der Waals surface area contributed by atoms with E-state index < -0.39 is 24.1 Å². The van der Waals surface area contributed by atoms with E-state index >= 15 is 0 Å². The number of aromatic nitrogens is 1. The van der Waals surface area contributed by atoms with Crippen molar-refractivity contribution in [1.82, 2.24) is 4.98 Å². The van der Waals surface area contributed by atoms with Gasteiger partial charge in [0, 0.05) is 31.5 Å². The number of aryl methyl sites for hydroxylation is 1. The largest absolute Gasteiger partial charge is 0.478 e. The minimum atomic E-state index is -1.68. The molecular formula is C27H47NO6. The summed E-state index contributed by atoms with van der Waals surface area (Å²) in [5, 5.41) is 11.9. The van der Waals surface area contributed by atoms with Crippen molar-refractivity contribution >= 4 is 0 Å². The predicted molar refractivity (Wildman–Crippen MR) is 133 cm³/mol. The molecule has 0 bridgehead atoms. The van der Waals surface area contributed by atoms with E-state index in [0.29, 0.717) is 50.2 Å². The molecule has 0 aromatic carbocycles. The lowest BCUT2D eigenvalue weighted by Gasteiger charge is -2.31. The summed E-state index contributed by atoms with van der Waals surface area (Å²) in [6.45, 7) is 13.1. The van der Waals surface area contributed by atoms with Gasteiger partial charge in [0.15, 0.2) is 0 Å². The Labute approximate surface area is 206 Å². The van der Waals surface area contributed by atoms with Gasteiger partial charge in [-0.1, -0.05) is 53.4 Å². The summed E-state index contributed by atoms with van der Waals surface area (Å²) < 4.78 is 30.5. The highest BCUT2D eigenvalue weighted by molar-refractivity contribution is 5.31. The fourth-order valence-corrected chi connectivity index (χ4v) is 4.01. The van der Waals surface area contributed by atoms with E-state index in [4.69, 9.17) is 23.7 Å². The molecule has 1 aliphatic heterocycles. The van der Waals surface area contributed by atoms with E-state index in [9.17, 15) is 5.11 Å². The maximum atomic E-state index is 11.9. The van der Waals surface area contributed by atoms with Crippen LogP contribution in [-0.4, -0.2) is 61.4 Å². The number of hydrogen-bond acceptors (Lipinski definition) is 7. The van der Waals surface area contributed by atoms with E-state index in [1.165, 1.54) is 0 Å². The summed E-state index contributed by atoms with van der Waals surface area (Å²) in [7, 11) is 0. The molecule has 1 N–H and O–H groups in total. The van der Waals surface area contributed by atoms with Crippen LogP contribution in [0.2, 0.25) is 0 Å². The Morgan fingerprint density at radius 1 is 0.882 bits per heavy atom. The molecule has 0 aliphatic carbocycles. The Bertz CT molecular complexity index is 687. The Hall–Kier alpha value is -1.25. The van der Waals surface area contributed by atoms with Gasteiger partial charge in [-0.25, -0.2) is 4.98 Å². The molecule has 1 fully saturated rings. The molecule has 196 valence electrons. The van der Waals surface area contributed by atoms with Crippen LogP contribution >= 0.6 is 0 Å². The molecule has 1 aromatic heterocycles. The third-order valence-corrected chi connectivity index (χ3v) is 6.10. The van der Waals surface area contributed by atoms with E-state index in [1.807, 2.05) is 13.0 Å². The molecular weight excluding hydrogens is 434 g/mol. The molecule has 7 heteroatoms. The molecule has 34 heavy (non-hydrogen) atoms. The molecule has 4 atom stereocenters. The fraction of sp³-hybridized carbons (Fsp3) is 0.815. The van der Waals surface area contributed by atoms with Crippen molar-refractivity contribution in [2.75, 3.05) is 33.0 Å². The van der Waals surface area contributed by atoms with Crippen LogP contribution in [0.3, 0.4) is 0 Å². The summed E-state index contributed by atoms with van der Waals surface area (Å²) in [6, 6.07) is 3.63. The number of unbranched alkanes of at least 4 members (excludes halogenated alkanes) is 4. The first-order valence-corrected chi connectivity index (χ1v) is 13.3. The van der Waals surface area contributed by atoms with Gasteiger partial charge in [0.1, 0.15) is 18.3 Å². The molecule has 1 saturated heterocycles. The van der Waals surface area contributed by atoms with Gasteiger partial charge in [-0.05, 0) is 38.7 Å². The van der Waals surface area contributed by atoms with Crippen LogP contribution < -0.4 is 4.74 Å². The normalized spacial score (nSPS) is 24.6. The van der Waals surface area contributed by atoms with Gasteiger partial charge in [0.2, 0.25) is 11.7 Å². The van der Waals surface area contributed by atoms with Gasteiger partial charge in [0.05, 0.1) is 18.9 Å². The SMILES string of the molecule is CCCCOC[C@H]1OC(O)(c2ccc(OCCCC)nc2C)[C@@H](OCCCC)C1OCCCC. The molecule has 0 spiro atoms. The van der Waals surface area contributed by atoms with Crippen LogP contribution in [0, 0.1) is 6.92 Å². The average molecular weight is 482 g/mol. The Morgan fingerprint density at radius 2 is 1.50 bits per heavy atom. The second-order valence-electron chi connectivity index (χ2n) is 9.10. The van der Waals surface area contributed by atoms with E-state index in [1.54, 1.807) is 6.07 Å². The first-order chi connectivity index (χ1) is 16.5. The molecule has 1 aliphatic rings. The van der Waals surface area contributed by atoms with Crippen molar-refractivity contribution in [3.05, 3.63) is 23.4 Å². The van der Waals surface area contributed by atoms with Crippen molar-refractivity contribution in [3.8, 4) is 5.88 Å². The molecule has 0 saturated carbocycles. The van der Waals surface area contributed by atoms with Crippen molar-refractivity contribution in [1.29, 1.82) is 0 Å². The third kappa shape index (κ3) is 8.16. The van der Waals surface area contributed by atoms with Gasteiger partial charge in [-0.3, -0.25) is 0 Å². The monoisotopic (exact) mass is 481 g/mol. The van der Waals surface area contributed by atoms with Crippen molar-refractivity contribution < 1.29 is 28.8 Å². The molecule has 0 radical (unpaired) electrons. The average Bonchev–Trinajstić information content (AvgIpc) is 3.09. The topological polar surface area (TPSA) is 79.3 Å². The number of ether oxygens (including phenoxy) is 5. The van der Waals surface area contributed by atoms with Crippen molar-refractivity contribution in [2.45, 2.75) is 110 Å². The lowest BCUT2D eigenvalue weighted by atomic mass is 9.96. The first-order valence-electron chi connectivity index (χ1n) is 13.3. The second kappa shape index (κ2) is 15.7. The highest BCUT2D eigenvalue weighted by Crippen LogP contribution is 2.42. The van der Waals surface area contributed by atoms with Crippen molar-refractivity contribution in [2.24, 2.45) is 0 Å². The summed E-state index contributed by atoms with van der Waals surface area (Å²) in [6.07, 6.45) is 6.38. The first kappa shape index (κ1) is 29.0. The number of rotatable bonds is 18. The molecule has 0 amide bonds. The quantitative estimate of drug-likeness (QED) is 0.285. The lowest BCUT2D eigenvalue weighted by Crippen LogP contribution is -2.45. The zero-order valence-electron chi connectivity index (χ0n) is 22.0. The summed E-state index contributed by atoms with van der Waals surface area (Å²) in [5.41, 5.74) is 1.23. The van der Waals surface area contributed by atoms with E-state index in [2.05, 4.69) is 32.7 Å². The minimum Gasteiger partial charge on any atom is -0.478 e. The zero-order valence-corrected chi connectivity index (χ0v) is 22.0. The minimum absolute atomic E-state index is 0.345. The Kier molecular flexibility index (Phi) is 13.4. The smallest absolute Gasteiger partial charge is 0.224 e. The zero-order chi connectivity index (χ0) is 24.8. The summed E-state index contributed by atoms with van der Waals surface area (Å²) in [4.78, 5) is 4.59. The van der Waals surface area contributed by atoms with Crippen LogP contribution in [0.4, 0.5) is 0 Å². The van der Waals surface area contributed by atoms with Crippen LogP contribution in [0.15, 0.2) is 12.1 Å². The van der Waals surface area contributed by atoms with Gasteiger partial charge in [0.25, 0.3) is 0 Å². The Balaban J connectivity index is 2.30. The maximum Gasteiger partial charge on any atom is 0.224 e. The van der Waals surface area contributed by atoms with E-state index in [0.717, 1.165) is 51.4 Å². The standard InChI is InChI=1S/C27H47NO6/c1-6-10-16-30-20-23-25(32-18-12-8-3)26(33-19-13-9-4)27(29,34-23)22-14-15-24(28-21(22)5)31-17-11-7-2/h14-15,23,25-26,29H,6-13,16-20H2,1-5H3/t23-,25?,26+,27?/m1/s1. The highest BCUT2D eigenvalue weighted by atomic mass is 16.7. The fourth-order valence-electron chi connectivity index (χ4n) is 4.01. The summed E-state index contributed by atoms with van der Waals surface area (Å²) >= 11 is 0. The van der Waals surface area contributed by atoms with E-state index in [-0.39, 0.29) is 0 Å². The predicted octanol–water partition coefficient (Wildman–Crippen LogP) is 5.30.